The van der Waals surface area contributed by atoms with Gasteiger partial charge in [0.2, 0.25) is 0 Å². The molecule has 9 heteroatoms. The molecule has 9 nitrogen and oxygen atoms in total. The van der Waals surface area contributed by atoms with Gasteiger partial charge in [-0.1, -0.05) is 0 Å². The minimum atomic E-state index is -1.30. The highest BCUT2D eigenvalue weighted by Crippen LogP contribution is 2.18. The highest BCUT2D eigenvalue weighted by atomic mass is 16.6. The maximum atomic E-state index is 11.7. The molecule has 0 aromatic heterocycles. The summed E-state index contributed by atoms with van der Waals surface area (Å²) >= 11 is 0. The number of amides is 2. The summed E-state index contributed by atoms with van der Waals surface area (Å²) in [5.41, 5.74) is 4.30. The number of nitro benzene ring substituents is 1. The van der Waals surface area contributed by atoms with Crippen molar-refractivity contribution in [3.8, 4) is 0 Å². The molecule has 0 saturated carbocycles. The third kappa shape index (κ3) is 4.74. The molecule has 0 radical (unpaired) electrons. The fourth-order valence-corrected chi connectivity index (χ4v) is 1.38. The molecule has 21 heavy (non-hydrogen) atoms. The number of carbonyl (C=O) groups is 3. The minimum Gasteiger partial charge on any atom is -0.478 e. The number of benzene rings is 1. The molecule has 0 aliphatic carbocycles. The largest absolute Gasteiger partial charge is 0.478 e. The zero-order chi connectivity index (χ0) is 16.0. The van der Waals surface area contributed by atoms with Crippen LogP contribution in [0.2, 0.25) is 0 Å². The monoisotopic (exact) mass is 293 g/mol. The van der Waals surface area contributed by atoms with Crippen molar-refractivity contribution >= 4 is 23.5 Å². The summed E-state index contributed by atoms with van der Waals surface area (Å²) in [6, 6.07) is 3.71. The molecule has 0 saturated heterocycles. The Hall–Kier alpha value is -3.23. The summed E-state index contributed by atoms with van der Waals surface area (Å²) in [4.78, 5) is 43.1. The molecule has 0 aliphatic heterocycles. The van der Waals surface area contributed by atoms with E-state index in [1.807, 2.05) is 10.9 Å². The average Bonchev–Trinajstić information content (AvgIpc) is 2.41. The summed E-state index contributed by atoms with van der Waals surface area (Å²) < 4.78 is 0. The van der Waals surface area contributed by atoms with Gasteiger partial charge in [0.05, 0.1) is 4.92 Å². The lowest BCUT2D eigenvalue weighted by atomic mass is 10.1. The quantitative estimate of drug-likeness (QED) is 0.414. The van der Waals surface area contributed by atoms with E-state index < -0.39 is 22.7 Å². The zero-order valence-electron chi connectivity index (χ0n) is 10.8. The molecule has 0 aliphatic rings. The van der Waals surface area contributed by atoms with Crippen LogP contribution in [-0.4, -0.2) is 27.8 Å². The number of rotatable bonds is 4. The van der Waals surface area contributed by atoms with Gasteiger partial charge in [-0.25, -0.2) is 4.79 Å². The number of hydrogen-bond acceptors (Lipinski definition) is 5. The molecule has 0 bridgehead atoms. The summed E-state index contributed by atoms with van der Waals surface area (Å²) in [7, 11) is 0. The van der Waals surface area contributed by atoms with E-state index in [0.29, 0.717) is 11.6 Å². The summed E-state index contributed by atoms with van der Waals surface area (Å²) in [5, 5.41) is 18.9. The van der Waals surface area contributed by atoms with Crippen molar-refractivity contribution in [3.05, 3.63) is 51.6 Å². The molecule has 0 fully saturated rings. The van der Waals surface area contributed by atoms with Gasteiger partial charge >= 0.3 is 5.97 Å². The van der Waals surface area contributed by atoms with Crippen LogP contribution < -0.4 is 10.9 Å². The van der Waals surface area contributed by atoms with E-state index in [9.17, 15) is 24.5 Å². The smallest absolute Gasteiger partial charge is 0.328 e. The van der Waals surface area contributed by atoms with Crippen LogP contribution >= 0.6 is 0 Å². The Morgan fingerprint density at radius 3 is 2.43 bits per heavy atom. The topological polar surface area (TPSA) is 139 Å². The van der Waals surface area contributed by atoms with Gasteiger partial charge in [0.1, 0.15) is 0 Å². The first kappa shape index (κ1) is 15.8. The Morgan fingerprint density at radius 2 is 1.90 bits per heavy atom. The zero-order valence-corrected chi connectivity index (χ0v) is 10.8. The molecule has 0 heterocycles. The SMILES string of the molecule is Cc1cc(C(=O)NNC(=O)C=CC(=O)O)ccc1[N+](=O)[O-]. The van der Waals surface area contributed by atoms with Gasteiger partial charge in [0.15, 0.2) is 0 Å². The Kier molecular flexibility index (Phi) is 5.12. The Morgan fingerprint density at radius 1 is 1.24 bits per heavy atom. The first-order valence-electron chi connectivity index (χ1n) is 5.57. The van der Waals surface area contributed by atoms with Gasteiger partial charge in [0.25, 0.3) is 17.5 Å². The highest BCUT2D eigenvalue weighted by Gasteiger charge is 2.13. The lowest BCUT2D eigenvalue weighted by Gasteiger charge is -2.06. The molecule has 1 rings (SSSR count). The van der Waals surface area contributed by atoms with Crippen LogP contribution in [0.25, 0.3) is 0 Å². The molecule has 0 unspecified atom stereocenters. The molecular formula is C12H11N3O6. The van der Waals surface area contributed by atoms with Crippen molar-refractivity contribution < 1.29 is 24.4 Å². The van der Waals surface area contributed by atoms with E-state index >= 15 is 0 Å². The van der Waals surface area contributed by atoms with Crippen LogP contribution in [-0.2, 0) is 9.59 Å². The lowest BCUT2D eigenvalue weighted by molar-refractivity contribution is -0.385. The number of nitrogens with one attached hydrogen (secondary N) is 2. The third-order valence-electron chi connectivity index (χ3n) is 2.33. The van der Waals surface area contributed by atoms with E-state index in [-0.39, 0.29) is 11.3 Å². The second-order valence-electron chi connectivity index (χ2n) is 3.87. The molecule has 0 spiro atoms. The van der Waals surface area contributed by atoms with Crippen LogP contribution in [0.5, 0.6) is 0 Å². The highest BCUT2D eigenvalue weighted by molar-refractivity contribution is 5.98. The number of nitrogens with zero attached hydrogens (tertiary/aromatic N) is 1. The van der Waals surface area contributed by atoms with E-state index in [4.69, 9.17) is 5.11 Å². The van der Waals surface area contributed by atoms with Gasteiger partial charge in [0, 0.05) is 29.3 Å². The number of carboxylic acids is 1. The number of hydrogen-bond donors (Lipinski definition) is 3. The van der Waals surface area contributed by atoms with E-state index in [2.05, 4.69) is 0 Å². The van der Waals surface area contributed by atoms with Crippen LogP contribution in [0.15, 0.2) is 30.4 Å². The second kappa shape index (κ2) is 6.80. The van der Waals surface area contributed by atoms with Crippen molar-refractivity contribution in [2.75, 3.05) is 0 Å². The van der Waals surface area contributed by atoms with Gasteiger partial charge in [-0.2, -0.15) is 0 Å². The van der Waals surface area contributed by atoms with Crippen LogP contribution in [0.4, 0.5) is 5.69 Å². The summed E-state index contributed by atoms with van der Waals surface area (Å²) in [6.45, 7) is 1.48. The summed E-state index contributed by atoms with van der Waals surface area (Å²) in [5.74, 6) is -2.82. The first-order valence-corrected chi connectivity index (χ1v) is 5.57. The van der Waals surface area contributed by atoms with Crippen molar-refractivity contribution in [1.82, 2.24) is 10.9 Å². The van der Waals surface area contributed by atoms with Crippen LogP contribution in [0.1, 0.15) is 15.9 Å². The van der Waals surface area contributed by atoms with E-state index in [1.165, 1.54) is 25.1 Å². The van der Waals surface area contributed by atoms with E-state index in [1.54, 1.807) is 0 Å². The molecular weight excluding hydrogens is 282 g/mol. The molecule has 1 aromatic rings. The molecule has 3 N–H and O–H groups in total. The second-order valence-corrected chi connectivity index (χ2v) is 3.87. The number of nitro groups is 1. The number of aliphatic carboxylic acids is 1. The first-order chi connectivity index (χ1) is 9.81. The van der Waals surface area contributed by atoms with Gasteiger partial charge in [-0.3, -0.25) is 30.6 Å². The van der Waals surface area contributed by atoms with Crippen molar-refractivity contribution in [3.63, 3.8) is 0 Å². The lowest BCUT2D eigenvalue weighted by Crippen LogP contribution is -2.40. The molecule has 0 atom stereocenters. The maximum Gasteiger partial charge on any atom is 0.328 e. The van der Waals surface area contributed by atoms with Crippen molar-refractivity contribution in [1.29, 1.82) is 0 Å². The summed E-state index contributed by atoms with van der Waals surface area (Å²) in [6.07, 6.45) is 1.33. The number of aryl methyl sites for hydroxylation is 1. The van der Waals surface area contributed by atoms with Crippen LogP contribution in [0, 0.1) is 17.0 Å². The van der Waals surface area contributed by atoms with Gasteiger partial charge in [-0.05, 0) is 19.1 Å². The fraction of sp³-hybridized carbons (Fsp3) is 0.0833. The van der Waals surface area contributed by atoms with Gasteiger partial charge < -0.3 is 5.11 Å². The molecule has 2 amide bonds. The van der Waals surface area contributed by atoms with Crippen molar-refractivity contribution in [2.45, 2.75) is 6.92 Å². The predicted molar refractivity (Wildman–Crippen MR) is 70.2 cm³/mol. The average molecular weight is 293 g/mol. The third-order valence-corrected chi connectivity index (χ3v) is 2.33. The number of carboxylic acid groups (broad SMARTS) is 1. The van der Waals surface area contributed by atoms with Gasteiger partial charge in [-0.15, -0.1) is 0 Å². The Bertz CT molecular complexity index is 638. The number of carbonyl (C=O) groups excluding carboxylic acids is 2. The predicted octanol–water partition coefficient (Wildman–Crippen LogP) is 0.305. The standard InChI is InChI=1S/C12H11N3O6/c1-7-6-8(2-3-9(7)15(20)21)12(19)14-13-10(16)4-5-11(17)18/h2-6H,1H3,(H,13,16)(H,14,19)(H,17,18). The maximum absolute atomic E-state index is 11.7. The minimum absolute atomic E-state index is 0.112. The fourth-order valence-electron chi connectivity index (χ4n) is 1.38. The van der Waals surface area contributed by atoms with Crippen LogP contribution in [0.3, 0.4) is 0 Å². The molecule has 1 aromatic carbocycles. The molecule has 110 valence electrons. The number of hydrazine groups is 1. The Balaban J connectivity index is 2.68. The Labute approximate surface area is 118 Å². The van der Waals surface area contributed by atoms with Crippen molar-refractivity contribution in [2.24, 2.45) is 0 Å². The van der Waals surface area contributed by atoms with E-state index in [0.717, 1.165) is 6.08 Å². The normalized spacial score (nSPS) is 10.1.